The summed E-state index contributed by atoms with van der Waals surface area (Å²) in [6.45, 7) is 0.959. The number of halogens is 1. The van der Waals surface area contributed by atoms with Gasteiger partial charge >= 0.3 is 5.97 Å². The lowest BCUT2D eigenvalue weighted by Crippen LogP contribution is -1.99. The Labute approximate surface area is 179 Å². The lowest BCUT2D eigenvalue weighted by atomic mass is 10.0. The van der Waals surface area contributed by atoms with Crippen molar-refractivity contribution in [3.05, 3.63) is 17.8 Å². The zero-order chi connectivity index (χ0) is 20.7. The van der Waals surface area contributed by atoms with Gasteiger partial charge in [-0.05, 0) is 24.4 Å². The second-order valence-corrected chi connectivity index (χ2v) is 8.05. The number of imidazole rings is 1. The van der Waals surface area contributed by atoms with Crippen LogP contribution in [-0.4, -0.2) is 32.6 Å². The minimum Gasteiger partial charge on any atom is -0.469 e. The number of methoxy groups -OCH3 is 1. The molecule has 29 heavy (non-hydrogen) atoms. The first-order chi connectivity index (χ1) is 14.2. The van der Waals surface area contributed by atoms with E-state index in [1.54, 1.807) is 6.20 Å². The van der Waals surface area contributed by atoms with E-state index in [2.05, 4.69) is 24.3 Å². The third-order valence-corrected chi connectivity index (χ3v) is 5.54. The maximum Gasteiger partial charge on any atom is 0.305 e. The molecule has 0 saturated carbocycles. The Bertz CT molecular complexity index is 720. The number of hydrogen-bond donors (Lipinski definition) is 0. The van der Waals surface area contributed by atoms with Crippen LogP contribution in [0, 0.1) is 0 Å². The molecule has 6 nitrogen and oxygen atoms in total. The fourth-order valence-electron chi connectivity index (χ4n) is 3.61. The molecule has 2 aromatic heterocycles. The van der Waals surface area contributed by atoms with Gasteiger partial charge in [-0.15, -0.1) is 0 Å². The number of ether oxygens (including phenoxy) is 1. The maximum atomic E-state index is 11.0. The van der Waals surface area contributed by atoms with Gasteiger partial charge in [0.1, 0.15) is 5.52 Å². The van der Waals surface area contributed by atoms with Crippen LogP contribution in [0.5, 0.6) is 0 Å². The van der Waals surface area contributed by atoms with Crippen LogP contribution in [0.25, 0.3) is 11.2 Å². The summed E-state index contributed by atoms with van der Waals surface area (Å²) in [5, 5.41) is 0.249. The molecule has 0 saturated heterocycles. The summed E-state index contributed by atoms with van der Waals surface area (Å²) in [5.41, 5.74) is 1.63. The van der Waals surface area contributed by atoms with Gasteiger partial charge in [0.2, 0.25) is 5.28 Å². The van der Waals surface area contributed by atoms with Gasteiger partial charge in [0, 0.05) is 13.0 Å². The topological polar surface area (TPSA) is 69.9 Å². The number of hydrogen-bond acceptors (Lipinski definition) is 5. The predicted octanol–water partition coefficient (Wildman–Crippen LogP) is 6.11. The van der Waals surface area contributed by atoms with Crippen LogP contribution in [0.3, 0.4) is 0 Å². The Morgan fingerprint density at radius 1 is 0.897 bits per heavy atom. The second-order valence-electron chi connectivity index (χ2n) is 7.71. The molecule has 0 spiro atoms. The molecule has 162 valence electrons. The number of aromatic nitrogens is 4. The van der Waals surface area contributed by atoms with E-state index in [0.29, 0.717) is 12.1 Å². The Hall–Kier alpha value is -1.69. The number of aryl methyl sites for hydroxylation is 1. The summed E-state index contributed by atoms with van der Waals surface area (Å²) in [6, 6.07) is 0. The minimum absolute atomic E-state index is 0.0832. The molecule has 0 N–H and O–H groups in total. The first-order valence-electron chi connectivity index (χ1n) is 11.1. The van der Waals surface area contributed by atoms with E-state index in [1.165, 1.54) is 71.3 Å². The minimum atomic E-state index is -0.0832. The van der Waals surface area contributed by atoms with Gasteiger partial charge in [0.25, 0.3) is 0 Å². The van der Waals surface area contributed by atoms with Crippen molar-refractivity contribution >= 4 is 28.7 Å². The molecule has 0 bridgehead atoms. The van der Waals surface area contributed by atoms with Crippen molar-refractivity contribution in [3.63, 3.8) is 0 Å². The number of rotatable bonds is 16. The van der Waals surface area contributed by atoms with Crippen LogP contribution in [0.1, 0.15) is 89.9 Å². The van der Waals surface area contributed by atoms with Gasteiger partial charge in [0.15, 0.2) is 5.65 Å². The Kier molecular flexibility index (Phi) is 11.6. The second kappa shape index (κ2) is 14.3. The monoisotopic (exact) mass is 422 g/mol. The van der Waals surface area contributed by atoms with Crippen molar-refractivity contribution in [2.45, 2.75) is 96.4 Å². The van der Waals surface area contributed by atoms with E-state index in [-0.39, 0.29) is 11.3 Å². The third kappa shape index (κ3) is 9.57. The van der Waals surface area contributed by atoms with E-state index in [4.69, 9.17) is 11.6 Å². The molecule has 0 aromatic carbocycles. The molecule has 7 heteroatoms. The SMILES string of the molecule is COC(=O)CCCCCCCCCCCCCCCn1cnc2nc(Cl)ncc21. The fraction of sp³-hybridized carbons (Fsp3) is 0.727. The van der Waals surface area contributed by atoms with Gasteiger partial charge in [-0.3, -0.25) is 4.79 Å². The molecular weight excluding hydrogens is 388 g/mol. The summed E-state index contributed by atoms with van der Waals surface area (Å²) < 4.78 is 6.76. The molecule has 0 aliphatic heterocycles. The maximum absolute atomic E-state index is 11.0. The third-order valence-electron chi connectivity index (χ3n) is 5.36. The van der Waals surface area contributed by atoms with Crippen LogP contribution >= 0.6 is 11.6 Å². The largest absolute Gasteiger partial charge is 0.469 e. The fourth-order valence-corrected chi connectivity index (χ4v) is 3.73. The smallest absolute Gasteiger partial charge is 0.305 e. The lowest BCUT2D eigenvalue weighted by Gasteiger charge is -2.05. The Balaban J connectivity index is 1.36. The molecule has 0 radical (unpaired) electrons. The molecule has 0 unspecified atom stereocenters. The summed E-state index contributed by atoms with van der Waals surface area (Å²) in [5.74, 6) is -0.0832. The van der Waals surface area contributed by atoms with Gasteiger partial charge in [-0.25, -0.2) is 9.97 Å². The standard InChI is InChI=1S/C22H35ClN4O2/c1-29-20(28)15-13-11-9-7-5-3-2-4-6-8-10-12-14-16-27-18-25-21-19(27)17-24-22(23)26-21/h17-18H,2-16H2,1H3. The molecular formula is C22H35ClN4O2. The zero-order valence-corrected chi connectivity index (χ0v) is 18.5. The molecule has 0 aliphatic rings. The highest BCUT2D eigenvalue weighted by Gasteiger charge is 2.05. The predicted molar refractivity (Wildman–Crippen MR) is 117 cm³/mol. The molecule has 2 heterocycles. The Morgan fingerprint density at radius 2 is 1.45 bits per heavy atom. The summed E-state index contributed by atoms with van der Waals surface area (Å²) in [6.07, 6.45) is 20.5. The normalized spacial score (nSPS) is 11.2. The van der Waals surface area contributed by atoms with Crippen LogP contribution in [0.4, 0.5) is 0 Å². The number of esters is 1. The summed E-state index contributed by atoms with van der Waals surface area (Å²) in [4.78, 5) is 23.5. The van der Waals surface area contributed by atoms with Crippen LogP contribution in [0.15, 0.2) is 12.5 Å². The van der Waals surface area contributed by atoms with Crippen LogP contribution < -0.4 is 0 Å². The van der Waals surface area contributed by atoms with E-state index in [0.717, 1.165) is 31.3 Å². The highest BCUT2D eigenvalue weighted by molar-refractivity contribution is 6.28. The van der Waals surface area contributed by atoms with Crippen LogP contribution in [0.2, 0.25) is 5.28 Å². The molecule has 0 amide bonds. The van der Waals surface area contributed by atoms with E-state index in [9.17, 15) is 4.79 Å². The zero-order valence-electron chi connectivity index (χ0n) is 17.7. The first-order valence-corrected chi connectivity index (χ1v) is 11.5. The average molecular weight is 423 g/mol. The van der Waals surface area contributed by atoms with Gasteiger partial charge in [0.05, 0.1) is 19.6 Å². The van der Waals surface area contributed by atoms with Crippen molar-refractivity contribution in [1.29, 1.82) is 0 Å². The van der Waals surface area contributed by atoms with E-state index in [1.807, 2.05) is 6.33 Å². The number of nitrogens with zero attached hydrogens (tertiary/aromatic N) is 4. The van der Waals surface area contributed by atoms with Gasteiger partial charge in [-0.2, -0.15) is 4.98 Å². The summed E-state index contributed by atoms with van der Waals surface area (Å²) >= 11 is 5.80. The molecule has 0 fully saturated rings. The molecule has 0 aliphatic carbocycles. The molecule has 2 rings (SSSR count). The van der Waals surface area contributed by atoms with Gasteiger partial charge in [-0.1, -0.05) is 70.6 Å². The summed E-state index contributed by atoms with van der Waals surface area (Å²) in [7, 11) is 1.46. The van der Waals surface area contributed by atoms with Gasteiger partial charge < -0.3 is 9.30 Å². The number of carbonyl (C=O) groups excluding carboxylic acids is 1. The Morgan fingerprint density at radius 3 is 2.03 bits per heavy atom. The molecule has 2 aromatic rings. The highest BCUT2D eigenvalue weighted by Crippen LogP contribution is 2.15. The van der Waals surface area contributed by atoms with E-state index < -0.39 is 0 Å². The van der Waals surface area contributed by atoms with Crippen molar-refractivity contribution in [2.75, 3.05) is 7.11 Å². The van der Waals surface area contributed by atoms with E-state index >= 15 is 0 Å². The number of fused-ring (bicyclic) bond motifs is 1. The highest BCUT2D eigenvalue weighted by atomic mass is 35.5. The van der Waals surface area contributed by atoms with Crippen molar-refractivity contribution in [1.82, 2.24) is 19.5 Å². The first kappa shape index (κ1) is 23.6. The lowest BCUT2D eigenvalue weighted by molar-refractivity contribution is -0.140. The number of carbonyl (C=O) groups is 1. The van der Waals surface area contributed by atoms with Crippen LogP contribution in [-0.2, 0) is 16.1 Å². The number of unbranched alkanes of at least 4 members (excludes halogenated alkanes) is 12. The van der Waals surface area contributed by atoms with Crippen molar-refractivity contribution in [2.24, 2.45) is 0 Å². The quantitative estimate of drug-likeness (QED) is 0.185. The average Bonchev–Trinajstić information content (AvgIpc) is 3.12. The molecule has 0 atom stereocenters. The van der Waals surface area contributed by atoms with Crippen molar-refractivity contribution in [3.8, 4) is 0 Å². The van der Waals surface area contributed by atoms with Crippen molar-refractivity contribution < 1.29 is 9.53 Å².